The molecule has 0 amide bonds. The van der Waals surface area contributed by atoms with E-state index in [9.17, 15) is 13.2 Å². The molecule has 1 aliphatic rings. The Labute approximate surface area is 171 Å². The van der Waals surface area contributed by atoms with E-state index in [1.807, 2.05) is 38.1 Å². The number of Topliss-reactive ketones (excluding diaryl/α,β-unsaturated/α-hetero) is 1. The highest BCUT2D eigenvalue weighted by molar-refractivity contribution is 7.92. The molecule has 0 aliphatic carbocycles. The lowest BCUT2D eigenvalue weighted by molar-refractivity contribution is 0.103. The largest absolute Gasteiger partial charge is 0.289 e. The first-order valence-corrected chi connectivity index (χ1v) is 10.8. The molecule has 1 heterocycles. The minimum absolute atomic E-state index is 0.0000666. The van der Waals surface area contributed by atoms with Gasteiger partial charge in [-0.05, 0) is 43.7 Å². The molecule has 0 saturated heterocycles. The van der Waals surface area contributed by atoms with Gasteiger partial charge in [-0.3, -0.25) is 9.10 Å². The second kappa shape index (κ2) is 7.33. The van der Waals surface area contributed by atoms with Crippen LogP contribution in [0.2, 0.25) is 0 Å². The second-order valence-corrected chi connectivity index (χ2v) is 9.11. The van der Waals surface area contributed by atoms with Crippen LogP contribution in [0.1, 0.15) is 27.0 Å². The molecule has 4 nitrogen and oxygen atoms in total. The molecule has 3 aromatic rings. The molecular weight excluding hydrogens is 382 g/mol. The Morgan fingerprint density at radius 3 is 2.07 bits per heavy atom. The standard InChI is InChI=1S/C24H21NO3S/c1-17-7-11-19(12-8-17)24(26)21-15-20-5-3-4-6-23(20)25(16-21)29(27,28)22-13-9-18(2)10-14-22/h3-15H,16H2,1-2H3. The quantitative estimate of drug-likeness (QED) is 0.589. The van der Waals surface area contributed by atoms with Crippen molar-refractivity contribution in [3.63, 3.8) is 0 Å². The van der Waals surface area contributed by atoms with E-state index in [0.717, 1.165) is 11.1 Å². The van der Waals surface area contributed by atoms with Crippen molar-refractivity contribution in [1.82, 2.24) is 0 Å². The maximum Gasteiger partial charge on any atom is 0.264 e. The van der Waals surface area contributed by atoms with Gasteiger partial charge in [0, 0.05) is 11.1 Å². The van der Waals surface area contributed by atoms with Crippen LogP contribution in [-0.4, -0.2) is 20.7 Å². The summed E-state index contributed by atoms with van der Waals surface area (Å²) in [5.41, 5.74) is 4.34. The maximum absolute atomic E-state index is 13.4. The molecule has 0 unspecified atom stereocenters. The minimum atomic E-state index is -3.81. The third-order valence-electron chi connectivity index (χ3n) is 5.06. The van der Waals surface area contributed by atoms with Crippen molar-refractivity contribution in [3.8, 4) is 0 Å². The zero-order valence-electron chi connectivity index (χ0n) is 16.3. The summed E-state index contributed by atoms with van der Waals surface area (Å²) in [5, 5.41) is 0. The van der Waals surface area contributed by atoms with Crippen LogP contribution in [0.3, 0.4) is 0 Å². The first-order valence-electron chi connectivity index (χ1n) is 9.36. The zero-order chi connectivity index (χ0) is 20.6. The monoisotopic (exact) mass is 403 g/mol. The van der Waals surface area contributed by atoms with Gasteiger partial charge in [0.05, 0.1) is 17.1 Å². The van der Waals surface area contributed by atoms with E-state index in [-0.39, 0.29) is 17.2 Å². The van der Waals surface area contributed by atoms with Gasteiger partial charge < -0.3 is 0 Å². The van der Waals surface area contributed by atoms with E-state index >= 15 is 0 Å². The number of nitrogens with zero attached hydrogens (tertiary/aromatic N) is 1. The van der Waals surface area contributed by atoms with E-state index < -0.39 is 10.0 Å². The molecule has 0 N–H and O–H groups in total. The van der Waals surface area contributed by atoms with E-state index in [2.05, 4.69) is 0 Å². The highest BCUT2D eigenvalue weighted by Crippen LogP contribution is 2.34. The van der Waals surface area contributed by atoms with Crippen LogP contribution in [-0.2, 0) is 10.0 Å². The van der Waals surface area contributed by atoms with Crippen LogP contribution in [0.5, 0.6) is 0 Å². The summed E-state index contributed by atoms with van der Waals surface area (Å²) in [6, 6.07) is 21.3. The minimum Gasteiger partial charge on any atom is -0.289 e. The SMILES string of the molecule is Cc1ccc(C(=O)C2=Cc3ccccc3N(S(=O)(=O)c3ccc(C)cc3)C2)cc1. The fraction of sp³-hybridized carbons (Fsp3) is 0.125. The summed E-state index contributed by atoms with van der Waals surface area (Å²) in [4.78, 5) is 13.3. The normalized spacial score (nSPS) is 13.6. The molecule has 3 aromatic carbocycles. The van der Waals surface area contributed by atoms with E-state index in [1.165, 1.54) is 4.31 Å². The van der Waals surface area contributed by atoms with Gasteiger partial charge in [-0.1, -0.05) is 65.7 Å². The van der Waals surface area contributed by atoms with E-state index in [0.29, 0.717) is 22.4 Å². The van der Waals surface area contributed by atoms with Crippen molar-refractivity contribution in [2.24, 2.45) is 0 Å². The molecule has 5 heteroatoms. The third-order valence-corrected chi connectivity index (χ3v) is 6.84. The average Bonchev–Trinajstić information content (AvgIpc) is 2.73. The Hall–Kier alpha value is -3.18. The van der Waals surface area contributed by atoms with E-state index in [4.69, 9.17) is 0 Å². The summed E-state index contributed by atoms with van der Waals surface area (Å²) in [6.45, 7) is 3.87. The number of sulfonamides is 1. The lowest BCUT2D eigenvalue weighted by Gasteiger charge is -2.30. The summed E-state index contributed by atoms with van der Waals surface area (Å²) >= 11 is 0. The molecule has 0 saturated carbocycles. The Kier molecular flexibility index (Phi) is 4.84. The molecule has 29 heavy (non-hydrogen) atoms. The average molecular weight is 404 g/mol. The van der Waals surface area contributed by atoms with Gasteiger partial charge in [0.1, 0.15) is 0 Å². The Morgan fingerprint density at radius 2 is 1.41 bits per heavy atom. The van der Waals surface area contributed by atoms with Crippen molar-refractivity contribution in [2.75, 3.05) is 10.8 Å². The number of fused-ring (bicyclic) bond motifs is 1. The number of para-hydroxylation sites is 1. The van der Waals surface area contributed by atoms with Gasteiger partial charge in [0.15, 0.2) is 5.78 Å². The molecule has 0 radical (unpaired) electrons. The molecular formula is C24H21NO3S. The van der Waals surface area contributed by atoms with Crippen molar-refractivity contribution < 1.29 is 13.2 Å². The van der Waals surface area contributed by atoms with Gasteiger partial charge in [-0.25, -0.2) is 8.42 Å². The van der Waals surface area contributed by atoms with Crippen molar-refractivity contribution >= 4 is 27.6 Å². The maximum atomic E-state index is 13.4. The smallest absolute Gasteiger partial charge is 0.264 e. The number of carbonyl (C=O) groups is 1. The zero-order valence-corrected chi connectivity index (χ0v) is 17.1. The summed E-state index contributed by atoms with van der Waals surface area (Å²) in [7, 11) is -3.81. The summed E-state index contributed by atoms with van der Waals surface area (Å²) in [5.74, 6) is -0.163. The molecule has 0 aromatic heterocycles. The van der Waals surface area contributed by atoms with Crippen LogP contribution in [0.25, 0.3) is 6.08 Å². The summed E-state index contributed by atoms with van der Waals surface area (Å²) < 4.78 is 28.1. The topological polar surface area (TPSA) is 54.5 Å². The molecule has 0 fully saturated rings. The first-order chi connectivity index (χ1) is 13.9. The second-order valence-electron chi connectivity index (χ2n) is 7.25. The van der Waals surface area contributed by atoms with Gasteiger partial charge in [0.25, 0.3) is 10.0 Å². The first kappa shape index (κ1) is 19.2. The van der Waals surface area contributed by atoms with Crippen molar-refractivity contribution in [1.29, 1.82) is 0 Å². The number of aryl methyl sites for hydroxylation is 2. The number of rotatable bonds is 4. The fourth-order valence-corrected chi connectivity index (χ4v) is 4.86. The molecule has 1 aliphatic heterocycles. The highest BCUT2D eigenvalue weighted by atomic mass is 32.2. The lowest BCUT2D eigenvalue weighted by Crippen LogP contribution is -2.36. The van der Waals surface area contributed by atoms with Gasteiger partial charge in [-0.15, -0.1) is 0 Å². The van der Waals surface area contributed by atoms with Crippen LogP contribution in [0.15, 0.2) is 83.3 Å². The molecule has 0 spiro atoms. The number of hydrogen-bond donors (Lipinski definition) is 0. The number of anilines is 1. The molecule has 4 rings (SSSR count). The predicted molar refractivity (Wildman–Crippen MR) is 116 cm³/mol. The number of carbonyl (C=O) groups excluding carboxylic acids is 1. The Bertz CT molecular complexity index is 1210. The fourth-order valence-electron chi connectivity index (χ4n) is 3.39. The van der Waals surface area contributed by atoms with Crippen molar-refractivity contribution in [2.45, 2.75) is 18.7 Å². The lowest BCUT2D eigenvalue weighted by atomic mass is 9.97. The van der Waals surface area contributed by atoms with Crippen LogP contribution in [0, 0.1) is 13.8 Å². The Balaban J connectivity index is 1.78. The van der Waals surface area contributed by atoms with Crippen LogP contribution < -0.4 is 4.31 Å². The predicted octanol–water partition coefficient (Wildman–Crippen LogP) is 4.78. The third kappa shape index (κ3) is 3.61. The molecule has 0 bridgehead atoms. The number of ketones is 1. The van der Waals surface area contributed by atoms with E-state index in [1.54, 1.807) is 54.6 Å². The van der Waals surface area contributed by atoms with Gasteiger partial charge in [0.2, 0.25) is 0 Å². The van der Waals surface area contributed by atoms with Gasteiger partial charge >= 0.3 is 0 Å². The summed E-state index contributed by atoms with van der Waals surface area (Å²) in [6.07, 6.45) is 1.79. The molecule has 0 atom stereocenters. The van der Waals surface area contributed by atoms with Crippen molar-refractivity contribution in [3.05, 3.63) is 101 Å². The Morgan fingerprint density at radius 1 is 0.828 bits per heavy atom. The van der Waals surface area contributed by atoms with Gasteiger partial charge in [-0.2, -0.15) is 0 Å². The van der Waals surface area contributed by atoms with Crippen LogP contribution >= 0.6 is 0 Å². The van der Waals surface area contributed by atoms with Crippen LogP contribution in [0.4, 0.5) is 5.69 Å². The highest BCUT2D eigenvalue weighted by Gasteiger charge is 2.31. The number of benzene rings is 3. The number of hydrogen-bond acceptors (Lipinski definition) is 3. The molecule has 146 valence electrons.